The highest BCUT2D eigenvalue weighted by molar-refractivity contribution is 7.80. The number of hydrogen-bond acceptors (Lipinski definition) is 8. The number of carboxylic acids is 2. The molecular formula is C19H26N4O7S2. The van der Waals surface area contributed by atoms with E-state index in [-0.39, 0.29) is 17.9 Å². The Morgan fingerprint density at radius 3 is 1.84 bits per heavy atom. The minimum Gasteiger partial charge on any atom is -0.481 e. The summed E-state index contributed by atoms with van der Waals surface area (Å²) in [5, 5.41) is 25.2. The molecule has 11 nitrogen and oxygen atoms in total. The van der Waals surface area contributed by atoms with E-state index >= 15 is 0 Å². The molecule has 13 heteroatoms. The molecule has 0 heterocycles. The summed E-state index contributed by atoms with van der Waals surface area (Å²) in [6, 6.07) is 3.43. The summed E-state index contributed by atoms with van der Waals surface area (Å²) < 4.78 is 0. The molecule has 0 aromatic heterocycles. The minimum atomic E-state index is -1.52. The summed E-state index contributed by atoms with van der Waals surface area (Å²) >= 11 is 7.77. The van der Waals surface area contributed by atoms with Crippen molar-refractivity contribution in [3.05, 3.63) is 35.9 Å². The minimum absolute atomic E-state index is 0.0127. The molecule has 3 amide bonds. The van der Waals surface area contributed by atoms with Gasteiger partial charge in [0.25, 0.3) is 0 Å². The fourth-order valence-electron chi connectivity index (χ4n) is 2.53. The Bertz CT molecular complexity index is 825. The Balaban J connectivity index is 3.08. The summed E-state index contributed by atoms with van der Waals surface area (Å²) in [7, 11) is 0. The summed E-state index contributed by atoms with van der Waals surface area (Å²) in [5.74, 6) is -5.44. The van der Waals surface area contributed by atoms with Crippen molar-refractivity contribution >= 4 is 54.9 Å². The van der Waals surface area contributed by atoms with Gasteiger partial charge in [-0.2, -0.15) is 25.3 Å². The van der Waals surface area contributed by atoms with Gasteiger partial charge in [0.05, 0.1) is 12.5 Å². The van der Waals surface area contributed by atoms with E-state index in [9.17, 15) is 24.0 Å². The van der Waals surface area contributed by atoms with Crippen LogP contribution in [0, 0.1) is 0 Å². The second-order valence-corrected chi connectivity index (χ2v) is 7.51. The third-order valence-electron chi connectivity index (χ3n) is 4.26. The molecule has 0 aliphatic heterocycles. The molecule has 1 aromatic rings. The van der Waals surface area contributed by atoms with Crippen molar-refractivity contribution in [2.45, 2.75) is 37.0 Å². The monoisotopic (exact) mass is 486 g/mol. The zero-order valence-corrected chi connectivity index (χ0v) is 18.7. The molecule has 7 N–H and O–H groups in total. The lowest BCUT2D eigenvalue weighted by atomic mass is 10.0. The molecule has 4 atom stereocenters. The van der Waals surface area contributed by atoms with Gasteiger partial charge >= 0.3 is 11.9 Å². The Morgan fingerprint density at radius 1 is 0.812 bits per heavy atom. The predicted octanol–water partition coefficient (Wildman–Crippen LogP) is -1.57. The zero-order chi connectivity index (χ0) is 24.3. The molecule has 0 saturated carbocycles. The maximum Gasteiger partial charge on any atom is 0.327 e. The van der Waals surface area contributed by atoms with Gasteiger partial charge in [0.1, 0.15) is 18.1 Å². The highest BCUT2D eigenvalue weighted by atomic mass is 32.1. The second kappa shape index (κ2) is 13.6. The molecule has 0 aliphatic rings. The smallest absolute Gasteiger partial charge is 0.327 e. The van der Waals surface area contributed by atoms with Gasteiger partial charge in [0, 0.05) is 17.9 Å². The van der Waals surface area contributed by atoms with Gasteiger partial charge in [-0.15, -0.1) is 0 Å². The molecule has 0 aliphatic carbocycles. The van der Waals surface area contributed by atoms with E-state index in [4.69, 9.17) is 15.9 Å². The van der Waals surface area contributed by atoms with E-state index in [1.807, 2.05) is 0 Å². The lowest BCUT2D eigenvalue weighted by Gasteiger charge is -2.24. The summed E-state index contributed by atoms with van der Waals surface area (Å²) in [5.41, 5.74) is 6.21. The van der Waals surface area contributed by atoms with Gasteiger partial charge in [-0.25, -0.2) is 4.79 Å². The van der Waals surface area contributed by atoms with E-state index in [0.29, 0.717) is 5.56 Å². The number of carboxylic acid groups (broad SMARTS) is 2. The number of amides is 3. The topological polar surface area (TPSA) is 188 Å². The normalized spacial score (nSPS) is 14.3. The van der Waals surface area contributed by atoms with Crippen LogP contribution in [0.2, 0.25) is 0 Å². The van der Waals surface area contributed by atoms with Crippen LogP contribution in [0.1, 0.15) is 12.0 Å². The van der Waals surface area contributed by atoms with E-state index in [1.54, 1.807) is 30.3 Å². The van der Waals surface area contributed by atoms with E-state index in [0.717, 1.165) is 0 Å². The first-order valence-electron chi connectivity index (χ1n) is 9.46. The van der Waals surface area contributed by atoms with Crippen molar-refractivity contribution < 1.29 is 34.2 Å². The van der Waals surface area contributed by atoms with Crippen LogP contribution < -0.4 is 21.7 Å². The summed E-state index contributed by atoms with van der Waals surface area (Å²) in [6.45, 7) is 0. The largest absolute Gasteiger partial charge is 0.481 e. The third-order valence-corrected chi connectivity index (χ3v) is 5.02. The number of rotatable bonds is 13. The van der Waals surface area contributed by atoms with Gasteiger partial charge in [-0.05, 0) is 5.56 Å². The number of carbonyl (C=O) groups excluding carboxylic acids is 3. The number of hydrogen-bond donors (Lipinski definition) is 8. The van der Waals surface area contributed by atoms with Crippen molar-refractivity contribution in [3.8, 4) is 0 Å². The molecule has 176 valence electrons. The number of benzene rings is 1. The average Bonchev–Trinajstić information content (AvgIpc) is 2.75. The van der Waals surface area contributed by atoms with Gasteiger partial charge < -0.3 is 31.9 Å². The Morgan fingerprint density at radius 2 is 1.34 bits per heavy atom. The number of aliphatic carboxylic acids is 2. The van der Waals surface area contributed by atoms with Crippen LogP contribution in [-0.4, -0.2) is 75.5 Å². The first kappa shape index (κ1) is 27.3. The average molecular weight is 487 g/mol. The third kappa shape index (κ3) is 9.16. The molecule has 32 heavy (non-hydrogen) atoms. The fraction of sp³-hybridized carbons (Fsp3) is 0.421. The van der Waals surface area contributed by atoms with Crippen LogP contribution >= 0.6 is 25.3 Å². The van der Waals surface area contributed by atoms with Crippen molar-refractivity contribution in [2.24, 2.45) is 5.73 Å². The maximum absolute atomic E-state index is 12.8. The van der Waals surface area contributed by atoms with Crippen molar-refractivity contribution in [1.82, 2.24) is 16.0 Å². The van der Waals surface area contributed by atoms with Crippen LogP contribution in [-0.2, 0) is 30.4 Å². The number of nitrogens with one attached hydrogen (secondary N) is 3. The molecule has 0 fully saturated rings. The SMILES string of the molecule is NC(CS)C(=O)NC(CC(=O)O)C(=O)NC(Cc1ccccc1)C(=O)NC(CS)C(=O)O. The fourth-order valence-corrected chi connectivity index (χ4v) is 2.95. The lowest BCUT2D eigenvalue weighted by Crippen LogP contribution is -2.58. The quantitative estimate of drug-likeness (QED) is 0.154. The molecular weight excluding hydrogens is 460 g/mol. The van der Waals surface area contributed by atoms with E-state index in [1.165, 1.54) is 0 Å². The highest BCUT2D eigenvalue weighted by Gasteiger charge is 2.31. The highest BCUT2D eigenvalue weighted by Crippen LogP contribution is 2.06. The molecule has 1 rings (SSSR count). The lowest BCUT2D eigenvalue weighted by molar-refractivity contribution is -0.142. The zero-order valence-electron chi connectivity index (χ0n) is 16.9. The first-order valence-corrected chi connectivity index (χ1v) is 10.7. The first-order chi connectivity index (χ1) is 15.1. The van der Waals surface area contributed by atoms with Gasteiger partial charge in [0.15, 0.2) is 0 Å². The van der Waals surface area contributed by atoms with Crippen LogP contribution in [0.15, 0.2) is 30.3 Å². The number of nitrogens with two attached hydrogens (primary N) is 1. The van der Waals surface area contributed by atoms with Crippen LogP contribution in [0.5, 0.6) is 0 Å². The Hall–Kier alpha value is -2.77. The van der Waals surface area contributed by atoms with Crippen molar-refractivity contribution in [2.75, 3.05) is 11.5 Å². The number of thiol groups is 2. The van der Waals surface area contributed by atoms with Gasteiger partial charge in [-0.1, -0.05) is 30.3 Å². The van der Waals surface area contributed by atoms with Gasteiger partial charge in [-0.3, -0.25) is 19.2 Å². The van der Waals surface area contributed by atoms with E-state index < -0.39 is 60.2 Å². The molecule has 0 bridgehead atoms. The van der Waals surface area contributed by atoms with Gasteiger partial charge in [0.2, 0.25) is 17.7 Å². The maximum atomic E-state index is 12.8. The second-order valence-electron chi connectivity index (χ2n) is 6.78. The molecule has 4 unspecified atom stereocenters. The van der Waals surface area contributed by atoms with Crippen LogP contribution in [0.4, 0.5) is 0 Å². The number of carbonyl (C=O) groups is 5. The van der Waals surface area contributed by atoms with Crippen molar-refractivity contribution in [1.29, 1.82) is 0 Å². The van der Waals surface area contributed by atoms with E-state index in [2.05, 4.69) is 41.2 Å². The molecule has 0 saturated heterocycles. The molecule has 0 spiro atoms. The summed E-state index contributed by atoms with van der Waals surface area (Å²) in [6.07, 6.45) is -0.772. The standard InChI is InChI=1S/C19H26N4O7S2/c20-11(8-31)16(26)21-13(7-15(24)25)18(28)22-12(6-10-4-2-1-3-5-10)17(27)23-14(9-32)19(29)30/h1-5,11-14,31-32H,6-9,20H2,(H,21,26)(H,22,28)(H,23,27)(H,24,25)(H,29,30). The summed E-state index contributed by atoms with van der Waals surface area (Å²) in [4.78, 5) is 59.9. The van der Waals surface area contributed by atoms with Crippen LogP contribution in [0.3, 0.4) is 0 Å². The Kier molecular flexibility index (Phi) is 11.6. The molecule has 1 aromatic carbocycles. The van der Waals surface area contributed by atoms with Crippen LogP contribution in [0.25, 0.3) is 0 Å². The molecule has 0 radical (unpaired) electrons. The van der Waals surface area contributed by atoms with Crippen molar-refractivity contribution in [3.63, 3.8) is 0 Å². The Labute approximate surface area is 195 Å². The predicted molar refractivity (Wildman–Crippen MR) is 122 cm³/mol.